The summed E-state index contributed by atoms with van der Waals surface area (Å²) in [6.45, 7) is 0. The third-order valence-electron chi connectivity index (χ3n) is 1.56. The van der Waals surface area contributed by atoms with Crippen LogP contribution in [-0.2, 0) is 11.2 Å². The van der Waals surface area contributed by atoms with E-state index in [4.69, 9.17) is 10.8 Å². The molecule has 0 fully saturated rings. The van der Waals surface area contributed by atoms with E-state index < -0.39 is 18.0 Å². The SMILES string of the molecule is NC(Cc1cnc[nH]1)C(=O)NC(=O)O. The fourth-order valence-corrected chi connectivity index (χ4v) is 0.924. The number of aromatic nitrogens is 2. The monoisotopic (exact) mass is 198 g/mol. The van der Waals surface area contributed by atoms with Gasteiger partial charge in [0.25, 0.3) is 0 Å². The van der Waals surface area contributed by atoms with Crippen LogP contribution in [0, 0.1) is 0 Å². The number of hydrogen-bond acceptors (Lipinski definition) is 4. The molecule has 0 aliphatic rings. The van der Waals surface area contributed by atoms with Crippen LogP contribution >= 0.6 is 0 Å². The fraction of sp³-hybridized carbons (Fsp3) is 0.286. The van der Waals surface area contributed by atoms with Crippen LogP contribution in [0.1, 0.15) is 5.69 Å². The summed E-state index contributed by atoms with van der Waals surface area (Å²) in [4.78, 5) is 27.6. The average molecular weight is 198 g/mol. The van der Waals surface area contributed by atoms with Gasteiger partial charge in [-0.25, -0.2) is 9.78 Å². The van der Waals surface area contributed by atoms with Gasteiger partial charge in [-0.2, -0.15) is 0 Å². The number of imide groups is 1. The van der Waals surface area contributed by atoms with Crippen molar-refractivity contribution in [1.82, 2.24) is 15.3 Å². The van der Waals surface area contributed by atoms with E-state index in [1.807, 2.05) is 0 Å². The lowest BCUT2D eigenvalue weighted by Gasteiger charge is -2.07. The van der Waals surface area contributed by atoms with Crippen LogP contribution in [-0.4, -0.2) is 33.1 Å². The summed E-state index contributed by atoms with van der Waals surface area (Å²) < 4.78 is 0. The minimum absolute atomic E-state index is 0.221. The Kier molecular flexibility index (Phi) is 3.19. The summed E-state index contributed by atoms with van der Waals surface area (Å²) in [5.41, 5.74) is 6.11. The number of carbonyl (C=O) groups is 2. The molecule has 0 radical (unpaired) electrons. The summed E-state index contributed by atoms with van der Waals surface area (Å²) in [5.74, 6) is -0.730. The van der Waals surface area contributed by atoms with Gasteiger partial charge >= 0.3 is 6.09 Å². The van der Waals surface area contributed by atoms with Gasteiger partial charge in [-0.1, -0.05) is 0 Å². The highest BCUT2D eigenvalue weighted by Crippen LogP contribution is 1.95. The maximum Gasteiger partial charge on any atom is 0.411 e. The van der Waals surface area contributed by atoms with Crippen LogP contribution in [0.3, 0.4) is 0 Å². The van der Waals surface area contributed by atoms with Crippen LogP contribution in [0.25, 0.3) is 0 Å². The molecule has 5 N–H and O–H groups in total. The van der Waals surface area contributed by atoms with Gasteiger partial charge in [-0.05, 0) is 0 Å². The number of H-pyrrole nitrogens is 1. The summed E-state index contributed by atoms with van der Waals surface area (Å²) in [5, 5.41) is 9.92. The van der Waals surface area contributed by atoms with E-state index in [9.17, 15) is 9.59 Å². The van der Waals surface area contributed by atoms with Crippen LogP contribution in [0.15, 0.2) is 12.5 Å². The van der Waals surface area contributed by atoms with E-state index in [2.05, 4.69) is 9.97 Å². The molecule has 1 aromatic heterocycles. The highest BCUT2D eigenvalue weighted by atomic mass is 16.4. The number of nitrogens with one attached hydrogen (secondary N) is 2. The number of imidazole rings is 1. The zero-order valence-electron chi connectivity index (χ0n) is 7.23. The number of aromatic amines is 1. The van der Waals surface area contributed by atoms with Crippen LogP contribution in [0.2, 0.25) is 0 Å². The van der Waals surface area contributed by atoms with E-state index >= 15 is 0 Å². The molecular weight excluding hydrogens is 188 g/mol. The molecule has 0 aromatic carbocycles. The first kappa shape index (κ1) is 10.2. The van der Waals surface area contributed by atoms with Gasteiger partial charge in [0.2, 0.25) is 5.91 Å². The smallest absolute Gasteiger partial charge is 0.411 e. The Hall–Kier alpha value is -1.89. The Morgan fingerprint density at radius 2 is 2.43 bits per heavy atom. The molecule has 7 heteroatoms. The van der Waals surface area contributed by atoms with Gasteiger partial charge < -0.3 is 15.8 Å². The number of carboxylic acid groups (broad SMARTS) is 1. The molecule has 1 heterocycles. The van der Waals surface area contributed by atoms with Gasteiger partial charge in [0.15, 0.2) is 0 Å². The standard InChI is InChI=1S/C7H10N4O3/c8-5(6(12)11-7(13)14)1-4-2-9-3-10-4/h2-3,5H,1,8H2,(H,9,10)(H,11,12)(H,13,14). The van der Waals surface area contributed by atoms with E-state index in [1.165, 1.54) is 12.5 Å². The molecule has 7 nitrogen and oxygen atoms in total. The lowest BCUT2D eigenvalue weighted by Crippen LogP contribution is -2.44. The van der Waals surface area contributed by atoms with E-state index in [-0.39, 0.29) is 6.42 Å². The molecular formula is C7H10N4O3. The van der Waals surface area contributed by atoms with Crippen molar-refractivity contribution >= 4 is 12.0 Å². The first-order valence-electron chi connectivity index (χ1n) is 3.86. The molecule has 0 bridgehead atoms. The molecule has 76 valence electrons. The Morgan fingerprint density at radius 1 is 1.71 bits per heavy atom. The van der Waals surface area contributed by atoms with Crippen molar-refractivity contribution in [2.75, 3.05) is 0 Å². The first-order chi connectivity index (χ1) is 6.59. The Bertz CT molecular complexity index is 322. The lowest BCUT2D eigenvalue weighted by molar-refractivity contribution is -0.121. The van der Waals surface area contributed by atoms with Crippen LogP contribution < -0.4 is 11.1 Å². The second kappa shape index (κ2) is 4.38. The lowest BCUT2D eigenvalue weighted by atomic mass is 10.2. The van der Waals surface area contributed by atoms with Crippen molar-refractivity contribution in [3.63, 3.8) is 0 Å². The molecule has 1 rings (SSSR count). The largest absolute Gasteiger partial charge is 0.465 e. The van der Waals surface area contributed by atoms with Crippen molar-refractivity contribution in [3.05, 3.63) is 18.2 Å². The Balaban J connectivity index is 2.46. The van der Waals surface area contributed by atoms with Gasteiger partial charge in [0, 0.05) is 18.3 Å². The molecule has 0 spiro atoms. The topological polar surface area (TPSA) is 121 Å². The highest BCUT2D eigenvalue weighted by molar-refractivity contribution is 5.94. The summed E-state index contributed by atoms with van der Waals surface area (Å²) in [6, 6.07) is -0.897. The van der Waals surface area contributed by atoms with Crippen molar-refractivity contribution < 1.29 is 14.7 Å². The molecule has 2 amide bonds. The number of carbonyl (C=O) groups excluding carboxylic acids is 1. The normalized spacial score (nSPS) is 12.1. The number of amides is 2. The summed E-state index contributed by atoms with van der Waals surface area (Å²) >= 11 is 0. The third kappa shape index (κ3) is 2.87. The number of rotatable bonds is 3. The molecule has 1 atom stereocenters. The second-order valence-corrected chi connectivity index (χ2v) is 2.68. The van der Waals surface area contributed by atoms with E-state index in [0.29, 0.717) is 5.69 Å². The molecule has 14 heavy (non-hydrogen) atoms. The molecule has 1 unspecified atom stereocenters. The van der Waals surface area contributed by atoms with Crippen LogP contribution in [0.4, 0.5) is 4.79 Å². The average Bonchev–Trinajstić information content (AvgIpc) is 2.55. The molecule has 1 aromatic rings. The highest BCUT2D eigenvalue weighted by Gasteiger charge is 2.16. The van der Waals surface area contributed by atoms with Crippen molar-refractivity contribution in [2.45, 2.75) is 12.5 Å². The molecule has 0 aliphatic carbocycles. The quantitative estimate of drug-likeness (QED) is 0.500. The Morgan fingerprint density at radius 3 is 2.93 bits per heavy atom. The van der Waals surface area contributed by atoms with E-state index in [1.54, 1.807) is 5.32 Å². The summed E-state index contributed by atoms with van der Waals surface area (Å²) in [7, 11) is 0. The fourth-order valence-electron chi connectivity index (χ4n) is 0.924. The minimum atomic E-state index is -1.41. The molecule has 0 aliphatic heterocycles. The van der Waals surface area contributed by atoms with Crippen molar-refractivity contribution in [1.29, 1.82) is 0 Å². The Labute approximate surface area is 79.3 Å². The zero-order valence-corrected chi connectivity index (χ0v) is 7.23. The van der Waals surface area contributed by atoms with Gasteiger partial charge in [-0.3, -0.25) is 10.1 Å². The first-order valence-corrected chi connectivity index (χ1v) is 3.86. The zero-order chi connectivity index (χ0) is 10.6. The van der Waals surface area contributed by atoms with Crippen molar-refractivity contribution in [3.8, 4) is 0 Å². The predicted molar refractivity (Wildman–Crippen MR) is 46.4 cm³/mol. The van der Waals surface area contributed by atoms with Crippen molar-refractivity contribution in [2.24, 2.45) is 5.73 Å². The van der Waals surface area contributed by atoms with Gasteiger partial charge in [-0.15, -0.1) is 0 Å². The maximum absolute atomic E-state index is 11.0. The molecule has 0 saturated carbocycles. The predicted octanol–water partition coefficient (Wildman–Crippen LogP) is -0.926. The second-order valence-electron chi connectivity index (χ2n) is 2.68. The minimum Gasteiger partial charge on any atom is -0.465 e. The van der Waals surface area contributed by atoms with E-state index in [0.717, 1.165) is 0 Å². The summed E-state index contributed by atoms with van der Waals surface area (Å²) in [6.07, 6.45) is 1.79. The molecule has 0 saturated heterocycles. The number of nitrogens with zero attached hydrogens (tertiary/aromatic N) is 1. The number of hydrogen-bond donors (Lipinski definition) is 4. The maximum atomic E-state index is 11.0. The van der Waals surface area contributed by atoms with Gasteiger partial charge in [0.1, 0.15) is 0 Å². The van der Waals surface area contributed by atoms with Gasteiger partial charge in [0.05, 0.1) is 12.4 Å². The third-order valence-corrected chi connectivity index (χ3v) is 1.56. The van der Waals surface area contributed by atoms with Crippen LogP contribution in [0.5, 0.6) is 0 Å². The number of nitrogens with two attached hydrogens (primary N) is 1.